The van der Waals surface area contributed by atoms with Crippen molar-refractivity contribution in [3.8, 4) is 0 Å². The van der Waals surface area contributed by atoms with Gasteiger partial charge in [0.2, 0.25) is 0 Å². The Morgan fingerprint density at radius 3 is 2.65 bits per heavy atom. The molecule has 2 N–H and O–H groups in total. The number of aliphatic carboxylic acids is 1. The van der Waals surface area contributed by atoms with Crippen LogP contribution in [0.3, 0.4) is 0 Å². The molecule has 1 atom stereocenters. The minimum atomic E-state index is -1.04. The van der Waals surface area contributed by atoms with Crippen molar-refractivity contribution in [1.29, 1.82) is 0 Å². The van der Waals surface area contributed by atoms with Gasteiger partial charge in [0.1, 0.15) is 5.82 Å². The largest absolute Gasteiger partial charge is 0.479 e. The van der Waals surface area contributed by atoms with E-state index in [1.54, 1.807) is 31.2 Å². The molecule has 0 amide bonds. The molecule has 2 rings (SSSR count). The molecule has 1 unspecified atom stereocenters. The van der Waals surface area contributed by atoms with Crippen molar-refractivity contribution >= 4 is 23.3 Å². The topological polar surface area (TPSA) is 49.3 Å². The Kier molecular flexibility index (Phi) is 4.25. The van der Waals surface area contributed by atoms with Crippen LogP contribution in [-0.2, 0) is 4.79 Å². The first-order valence-electron chi connectivity index (χ1n) is 5.98. The Morgan fingerprint density at radius 2 is 2.05 bits per heavy atom. The summed E-state index contributed by atoms with van der Waals surface area (Å²) in [4.78, 5) is 11.4. The van der Waals surface area contributed by atoms with E-state index >= 15 is 0 Å². The van der Waals surface area contributed by atoms with Crippen LogP contribution in [0.25, 0.3) is 0 Å². The summed E-state index contributed by atoms with van der Waals surface area (Å²) >= 11 is 5.86. The van der Waals surface area contributed by atoms with Crippen molar-refractivity contribution in [2.75, 3.05) is 5.32 Å². The molecule has 2 aromatic carbocycles. The molecule has 0 aliphatic rings. The van der Waals surface area contributed by atoms with Crippen LogP contribution in [0, 0.1) is 12.7 Å². The summed E-state index contributed by atoms with van der Waals surface area (Å²) in [6.07, 6.45) is 0. The van der Waals surface area contributed by atoms with Crippen LogP contribution in [-0.4, -0.2) is 11.1 Å². The Bertz CT molecular complexity index is 646. The SMILES string of the molecule is Cc1cc(Cl)ccc1C(Nc1cccc(F)c1)C(=O)O. The first-order valence-corrected chi connectivity index (χ1v) is 6.36. The molecule has 0 spiro atoms. The second kappa shape index (κ2) is 5.92. The zero-order chi connectivity index (χ0) is 14.7. The van der Waals surface area contributed by atoms with Gasteiger partial charge in [-0.2, -0.15) is 0 Å². The number of carboxylic acid groups (broad SMARTS) is 1. The van der Waals surface area contributed by atoms with Gasteiger partial charge < -0.3 is 10.4 Å². The molecular weight excluding hydrogens is 281 g/mol. The van der Waals surface area contributed by atoms with Gasteiger partial charge in [-0.25, -0.2) is 9.18 Å². The molecule has 0 aliphatic heterocycles. The van der Waals surface area contributed by atoms with E-state index in [2.05, 4.69) is 5.32 Å². The lowest BCUT2D eigenvalue weighted by Crippen LogP contribution is -2.21. The van der Waals surface area contributed by atoms with E-state index in [0.717, 1.165) is 5.56 Å². The van der Waals surface area contributed by atoms with E-state index in [0.29, 0.717) is 16.3 Å². The average molecular weight is 294 g/mol. The molecule has 5 heteroatoms. The minimum absolute atomic E-state index is 0.409. The third-order valence-corrected chi connectivity index (χ3v) is 3.16. The quantitative estimate of drug-likeness (QED) is 0.895. The van der Waals surface area contributed by atoms with Gasteiger partial charge >= 0.3 is 5.97 Å². The molecule has 3 nitrogen and oxygen atoms in total. The van der Waals surface area contributed by atoms with Gasteiger partial charge in [-0.05, 0) is 48.4 Å². The number of hydrogen-bond acceptors (Lipinski definition) is 2. The van der Waals surface area contributed by atoms with Gasteiger partial charge in [0.15, 0.2) is 6.04 Å². The van der Waals surface area contributed by atoms with Crippen LogP contribution in [0.5, 0.6) is 0 Å². The smallest absolute Gasteiger partial charge is 0.330 e. The molecule has 0 fully saturated rings. The van der Waals surface area contributed by atoms with Crippen LogP contribution >= 0.6 is 11.6 Å². The number of aryl methyl sites for hydroxylation is 1. The average Bonchev–Trinajstić information content (AvgIpc) is 2.36. The third-order valence-electron chi connectivity index (χ3n) is 2.93. The highest BCUT2D eigenvalue weighted by atomic mass is 35.5. The summed E-state index contributed by atoms with van der Waals surface area (Å²) in [6.45, 7) is 1.78. The molecule has 0 saturated carbocycles. The fourth-order valence-electron chi connectivity index (χ4n) is 1.98. The van der Waals surface area contributed by atoms with E-state index in [9.17, 15) is 14.3 Å². The number of benzene rings is 2. The highest BCUT2D eigenvalue weighted by Gasteiger charge is 2.21. The fourth-order valence-corrected chi connectivity index (χ4v) is 2.21. The van der Waals surface area contributed by atoms with E-state index in [-0.39, 0.29) is 0 Å². The molecule has 0 saturated heterocycles. The van der Waals surface area contributed by atoms with Crippen molar-refractivity contribution in [2.24, 2.45) is 0 Å². The monoisotopic (exact) mass is 293 g/mol. The van der Waals surface area contributed by atoms with Crippen molar-refractivity contribution in [3.63, 3.8) is 0 Å². The number of anilines is 1. The number of carbonyl (C=O) groups is 1. The maximum absolute atomic E-state index is 13.1. The lowest BCUT2D eigenvalue weighted by molar-refractivity contribution is -0.138. The summed E-state index contributed by atoms with van der Waals surface area (Å²) in [5.41, 5.74) is 1.76. The molecule has 20 heavy (non-hydrogen) atoms. The summed E-state index contributed by atoms with van der Waals surface area (Å²) in [5, 5.41) is 12.7. The van der Waals surface area contributed by atoms with Gasteiger partial charge in [0, 0.05) is 10.7 Å². The molecule has 2 aromatic rings. The number of hydrogen-bond donors (Lipinski definition) is 2. The number of nitrogens with one attached hydrogen (secondary N) is 1. The van der Waals surface area contributed by atoms with Gasteiger partial charge in [-0.15, -0.1) is 0 Å². The van der Waals surface area contributed by atoms with Crippen LogP contribution in [0.1, 0.15) is 17.2 Å². The van der Waals surface area contributed by atoms with Crippen molar-refractivity contribution in [3.05, 3.63) is 64.4 Å². The lowest BCUT2D eigenvalue weighted by atomic mass is 10.0. The zero-order valence-corrected chi connectivity index (χ0v) is 11.5. The predicted octanol–water partition coefficient (Wildman–Crippen LogP) is 4.03. The number of halogens is 2. The van der Waals surface area contributed by atoms with Crippen molar-refractivity contribution in [1.82, 2.24) is 0 Å². The Hall–Kier alpha value is -2.07. The summed E-state index contributed by atoms with van der Waals surface area (Å²) in [7, 11) is 0. The lowest BCUT2D eigenvalue weighted by Gasteiger charge is -2.18. The molecular formula is C15H13ClFNO2. The van der Waals surface area contributed by atoms with E-state index in [1.807, 2.05) is 0 Å². The molecule has 0 heterocycles. The Labute approximate surface area is 121 Å². The third kappa shape index (κ3) is 3.27. The van der Waals surface area contributed by atoms with E-state index in [1.165, 1.54) is 18.2 Å². The second-order valence-corrected chi connectivity index (χ2v) is 4.86. The fraction of sp³-hybridized carbons (Fsp3) is 0.133. The van der Waals surface area contributed by atoms with E-state index < -0.39 is 17.8 Å². The maximum Gasteiger partial charge on any atom is 0.330 e. The van der Waals surface area contributed by atoms with Crippen LogP contribution in [0.2, 0.25) is 5.02 Å². The predicted molar refractivity (Wildman–Crippen MR) is 76.6 cm³/mol. The minimum Gasteiger partial charge on any atom is -0.479 e. The highest BCUT2D eigenvalue weighted by molar-refractivity contribution is 6.30. The van der Waals surface area contributed by atoms with Gasteiger partial charge in [-0.1, -0.05) is 23.7 Å². The van der Waals surface area contributed by atoms with Crippen LogP contribution in [0.15, 0.2) is 42.5 Å². The van der Waals surface area contributed by atoms with Gasteiger partial charge in [-0.3, -0.25) is 0 Å². The molecule has 104 valence electrons. The van der Waals surface area contributed by atoms with Crippen LogP contribution in [0.4, 0.5) is 10.1 Å². The maximum atomic E-state index is 13.1. The van der Waals surface area contributed by atoms with Crippen LogP contribution < -0.4 is 5.32 Å². The number of carboxylic acids is 1. The first-order chi connectivity index (χ1) is 9.47. The van der Waals surface area contributed by atoms with E-state index in [4.69, 9.17) is 11.6 Å². The standard InChI is InChI=1S/C15H13ClFNO2/c1-9-7-10(16)5-6-13(9)14(15(19)20)18-12-4-2-3-11(17)8-12/h2-8,14,18H,1H3,(H,19,20). The molecule has 0 radical (unpaired) electrons. The summed E-state index contributed by atoms with van der Waals surface area (Å²) < 4.78 is 13.1. The number of rotatable bonds is 4. The summed E-state index contributed by atoms with van der Waals surface area (Å²) in [6, 6.07) is 9.70. The summed E-state index contributed by atoms with van der Waals surface area (Å²) in [5.74, 6) is -1.47. The molecule has 0 aliphatic carbocycles. The highest BCUT2D eigenvalue weighted by Crippen LogP contribution is 2.25. The van der Waals surface area contributed by atoms with Crippen molar-refractivity contribution < 1.29 is 14.3 Å². The zero-order valence-electron chi connectivity index (χ0n) is 10.7. The van der Waals surface area contributed by atoms with Gasteiger partial charge in [0.25, 0.3) is 0 Å². The normalized spacial score (nSPS) is 11.9. The van der Waals surface area contributed by atoms with Gasteiger partial charge in [0.05, 0.1) is 0 Å². The Morgan fingerprint density at radius 1 is 1.30 bits per heavy atom. The molecule has 0 bridgehead atoms. The second-order valence-electron chi connectivity index (χ2n) is 4.43. The van der Waals surface area contributed by atoms with Crippen molar-refractivity contribution in [2.45, 2.75) is 13.0 Å². The molecule has 0 aromatic heterocycles. The Balaban J connectivity index is 2.34. The first kappa shape index (κ1) is 14.3.